The van der Waals surface area contributed by atoms with Crippen LogP contribution in [0.15, 0.2) is 15.9 Å². The Morgan fingerprint density at radius 2 is 2.43 bits per heavy atom. The molecule has 3 N–H and O–H groups in total. The highest BCUT2D eigenvalue weighted by atomic mass is 79.9. The molecule has 0 radical (unpaired) electrons. The number of carbonyl (C=O) groups excluding carboxylic acids is 1. The van der Waals surface area contributed by atoms with Crippen LogP contribution in [0.5, 0.6) is 0 Å². The second-order valence-corrected chi connectivity index (χ2v) is 5.30. The molecule has 0 saturated heterocycles. The van der Waals surface area contributed by atoms with E-state index in [-0.39, 0.29) is 11.9 Å². The smallest absolute Gasteiger partial charge is 0.240 e. The van der Waals surface area contributed by atoms with Gasteiger partial charge in [-0.15, -0.1) is 11.3 Å². The van der Waals surface area contributed by atoms with E-state index >= 15 is 0 Å². The second-order valence-electron chi connectivity index (χ2n) is 3.44. The van der Waals surface area contributed by atoms with E-state index in [0.29, 0.717) is 6.04 Å². The summed E-state index contributed by atoms with van der Waals surface area (Å²) in [6.07, 6.45) is 2.30. The molecule has 0 aliphatic heterocycles. The van der Waals surface area contributed by atoms with Gasteiger partial charge in [0.25, 0.3) is 0 Å². The molecule has 1 saturated carbocycles. The molecule has 1 aliphatic carbocycles. The van der Waals surface area contributed by atoms with Crippen molar-refractivity contribution in [2.24, 2.45) is 5.73 Å². The van der Waals surface area contributed by atoms with E-state index < -0.39 is 0 Å². The minimum absolute atomic E-state index is 0.300. The normalized spacial score (nSPS) is 18.1. The highest BCUT2D eigenvalue weighted by Crippen LogP contribution is 2.29. The van der Waals surface area contributed by atoms with E-state index in [2.05, 4.69) is 21.2 Å². The van der Waals surface area contributed by atoms with Crippen LogP contribution in [-0.4, -0.2) is 11.9 Å². The zero-order chi connectivity index (χ0) is 10.1. The molecular formula is C9H11BrN2OS. The summed E-state index contributed by atoms with van der Waals surface area (Å²) in [5.74, 6) is -0.300. The van der Waals surface area contributed by atoms with Crippen molar-refractivity contribution >= 4 is 33.2 Å². The fraction of sp³-hybridized carbons (Fsp3) is 0.444. The zero-order valence-corrected chi connectivity index (χ0v) is 9.90. The van der Waals surface area contributed by atoms with Gasteiger partial charge in [-0.3, -0.25) is 10.1 Å². The zero-order valence-electron chi connectivity index (χ0n) is 7.50. The van der Waals surface area contributed by atoms with Gasteiger partial charge in [-0.25, -0.2) is 0 Å². The molecule has 5 heteroatoms. The average Bonchev–Trinajstić information content (AvgIpc) is 2.84. The molecule has 1 aliphatic rings. The van der Waals surface area contributed by atoms with E-state index in [1.807, 2.05) is 11.4 Å². The van der Waals surface area contributed by atoms with Crippen molar-refractivity contribution in [1.29, 1.82) is 0 Å². The Bertz CT molecular complexity index is 348. The van der Waals surface area contributed by atoms with Crippen molar-refractivity contribution in [1.82, 2.24) is 5.32 Å². The van der Waals surface area contributed by atoms with Crippen LogP contribution in [-0.2, 0) is 4.79 Å². The first-order valence-corrected chi connectivity index (χ1v) is 6.13. The number of halogens is 1. The molecule has 0 bridgehead atoms. The van der Waals surface area contributed by atoms with Crippen molar-refractivity contribution in [3.05, 3.63) is 20.8 Å². The summed E-state index contributed by atoms with van der Waals surface area (Å²) < 4.78 is 1.00. The Morgan fingerprint density at radius 3 is 2.86 bits per heavy atom. The standard InChI is InChI=1S/C9H11BrN2OS/c10-5-3-7(14-4-5)8(9(11)13)12-6-1-2-6/h3-4,6,8,12H,1-2H2,(H2,11,13). The van der Waals surface area contributed by atoms with Crippen molar-refractivity contribution in [3.63, 3.8) is 0 Å². The van der Waals surface area contributed by atoms with E-state index in [1.165, 1.54) is 0 Å². The molecule has 1 atom stereocenters. The van der Waals surface area contributed by atoms with Crippen LogP contribution < -0.4 is 11.1 Å². The Hall–Kier alpha value is -0.390. The van der Waals surface area contributed by atoms with Crippen LogP contribution >= 0.6 is 27.3 Å². The van der Waals surface area contributed by atoms with Crippen molar-refractivity contribution in [2.75, 3.05) is 0 Å². The third kappa shape index (κ3) is 2.34. The molecule has 14 heavy (non-hydrogen) atoms. The molecule has 2 rings (SSSR count). The van der Waals surface area contributed by atoms with E-state index in [9.17, 15) is 4.79 Å². The second kappa shape index (κ2) is 4.00. The number of nitrogens with one attached hydrogen (secondary N) is 1. The number of primary amides is 1. The quantitative estimate of drug-likeness (QED) is 0.880. The average molecular weight is 275 g/mol. The maximum atomic E-state index is 11.2. The first kappa shape index (κ1) is 10.1. The lowest BCUT2D eigenvalue weighted by atomic mass is 10.2. The fourth-order valence-electron chi connectivity index (χ4n) is 1.27. The molecule has 0 aromatic carbocycles. The van der Waals surface area contributed by atoms with Crippen molar-refractivity contribution in [2.45, 2.75) is 24.9 Å². The van der Waals surface area contributed by atoms with Gasteiger partial charge in [-0.2, -0.15) is 0 Å². The SMILES string of the molecule is NC(=O)C(NC1CC1)c1cc(Br)cs1. The van der Waals surface area contributed by atoms with Gasteiger partial charge < -0.3 is 5.73 Å². The number of rotatable bonds is 4. The predicted octanol–water partition coefficient (Wildman–Crippen LogP) is 1.79. The van der Waals surface area contributed by atoms with Crippen LogP contribution in [0, 0.1) is 0 Å². The molecule has 1 aromatic rings. The molecule has 76 valence electrons. The molecule has 1 unspecified atom stereocenters. The Kier molecular flexibility index (Phi) is 2.90. The fourth-order valence-corrected chi connectivity index (χ4v) is 2.78. The predicted molar refractivity (Wildman–Crippen MR) is 60.1 cm³/mol. The van der Waals surface area contributed by atoms with Gasteiger partial charge in [0.2, 0.25) is 5.91 Å². The van der Waals surface area contributed by atoms with Gasteiger partial charge in [0, 0.05) is 20.8 Å². The van der Waals surface area contributed by atoms with Crippen LogP contribution in [0.25, 0.3) is 0 Å². The monoisotopic (exact) mass is 274 g/mol. The summed E-state index contributed by atoms with van der Waals surface area (Å²) in [6.45, 7) is 0. The molecule has 1 fully saturated rings. The largest absolute Gasteiger partial charge is 0.368 e. The Balaban J connectivity index is 2.12. The third-order valence-electron chi connectivity index (χ3n) is 2.14. The van der Waals surface area contributed by atoms with Gasteiger partial charge in [-0.1, -0.05) is 0 Å². The molecule has 1 amide bonds. The number of amides is 1. The summed E-state index contributed by atoms with van der Waals surface area (Å²) in [5.41, 5.74) is 5.34. The minimum atomic E-state index is -0.321. The van der Waals surface area contributed by atoms with Crippen molar-refractivity contribution < 1.29 is 4.79 Å². The number of thiophene rings is 1. The molecule has 1 aromatic heterocycles. The highest BCUT2D eigenvalue weighted by Gasteiger charge is 2.28. The minimum Gasteiger partial charge on any atom is -0.368 e. The lowest BCUT2D eigenvalue weighted by Crippen LogP contribution is -2.34. The van der Waals surface area contributed by atoms with Crippen LogP contribution in [0.3, 0.4) is 0 Å². The van der Waals surface area contributed by atoms with Gasteiger partial charge in [0.15, 0.2) is 0 Å². The molecule has 0 spiro atoms. The maximum absolute atomic E-state index is 11.2. The number of carbonyl (C=O) groups is 1. The number of hydrogen-bond donors (Lipinski definition) is 2. The summed E-state index contributed by atoms with van der Waals surface area (Å²) in [5, 5.41) is 5.19. The lowest BCUT2D eigenvalue weighted by molar-refractivity contribution is -0.120. The van der Waals surface area contributed by atoms with Crippen molar-refractivity contribution in [3.8, 4) is 0 Å². The van der Waals surface area contributed by atoms with E-state index in [4.69, 9.17) is 5.73 Å². The van der Waals surface area contributed by atoms with E-state index in [0.717, 1.165) is 22.2 Å². The van der Waals surface area contributed by atoms with Crippen LogP contribution in [0.4, 0.5) is 0 Å². The Morgan fingerprint density at radius 1 is 1.71 bits per heavy atom. The van der Waals surface area contributed by atoms with Gasteiger partial charge in [0.05, 0.1) is 0 Å². The van der Waals surface area contributed by atoms with Gasteiger partial charge in [0.1, 0.15) is 6.04 Å². The summed E-state index contributed by atoms with van der Waals surface area (Å²) in [4.78, 5) is 12.2. The summed E-state index contributed by atoms with van der Waals surface area (Å²) in [7, 11) is 0. The topological polar surface area (TPSA) is 55.1 Å². The first-order valence-electron chi connectivity index (χ1n) is 4.46. The first-order chi connectivity index (χ1) is 6.66. The van der Waals surface area contributed by atoms with Crippen LogP contribution in [0.1, 0.15) is 23.8 Å². The number of nitrogens with two attached hydrogens (primary N) is 1. The Labute approximate surface area is 94.8 Å². The molecule has 3 nitrogen and oxygen atoms in total. The summed E-state index contributed by atoms with van der Waals surface area (Å²) in [6, 6.07) is 2.10. The van der Waals surface area contributed by atoms with Crippen LogP contribution in [0.2, 0.25) is 0 Å². The van der Waals surface area contributed by atoms with E-state index in [1.54, 1.807) is 11.3 Å². The third-order valence-corrected chi connectivity index (χ3v) is 3.89. The number of hydrogen-bond acceptors (Lipinski definition) is 3. The maximum Gasteiger partial charge on any atom is 0.240 e. The van der Waals surface area contributed by atoms with Gasteiger partial charge >= 0.3 is 0 Å². The lowest BCUT2D eigenvalue weighted by Gasteiger charge is -2.12. The molecular weight excluding hydrogens is 264 g/mol. The highest BCUT2D eigenvalue weighted by molar-refractivity contribution is 9.10. The molecule has 1 heterocycles. The van der Waals surface area contributed by atoms with Gasteiger partial charge in [-0.05, 0) is 34.8 Å². The summed E-state index contributed by atoms with van der Waals surface area (Å²) >= 11 is 4.91.